The summed E-state index contributed by atoms with van der Waals surface area (Å²) in [5.74, 6) is 2.78. The normalized spacial score (nSPS) is 23.5. The Balaban J connectivity index is 1.35. The van der Waals surface area contributed by atoms with Crippen LogP contribution >= 0.6 is 11.3 Å². The van der Waals surface area contributed by atoms with Crippen molar-refractivity contribution in [2.75, 3.05) is 14.1 Å². The zero-order valence-corrected chi connectivity index (χ0v) is 18.5. The van der Waals surface area contributed by atoms with Gasteiger partial charge in [0.2, 0.25) is 5.88 Å². The molecule has 158 valence electrons. The van der Waals surface area contributed by atoms with Crippen LogP contribution in [0, 0.1) is 5.92 Å². The van der Waals surface area contributed by atoms with Gasteiger partial charge in [-0.2, -0.15) is 0 Å². The van der Waals surface area contributed by atoms with E-state index in [9.17, 15) is 0 Å². The molecule has 7 heteroatoms. The van der Waals surface area contributed by atoms with Crippen LogP contribution in [0.1, 0.15) is 60.8 Å². The molecule has 0 aliphatic heterocycles. The fourth-order valence-electron chi connectivity index (χ4n) is 5.03. The van der Waals surface area contributed by atoms with Crippen molar-refractivity contribution in [2.24, 2.45) is 5.92 Å². The van der Waals surface area contributed by atoms with Gasteiger partial charge in [-0.25, -0.2) is 19.5 Å². The first kappa shape index (κ1) is 19.7. The minimum Gasteiger partial charge on any atom is -0.474 e. The van der Waals surface area contributed by atoms with Crippen molar-refractivity contribution in [3.63, 3.8) is 0 Å². The highest BCUT2D eigenvalue weighted by Gasteiger charge is 2.31. The second-order valence-corrected chi connectivity index (χ2v) is 9.85. The van der Waals surface area contributed by atoms with Crippen molar-refractivity contribution < 1.29 is 13.7 Å². The van der Waals surface area contributed by atoms with Gasteiger partial charge in [0.05, 0.1) is 11.6 Å². The summed E-state index contributed by atoms with van der Waals surface area (Å²) >= 11 is 1.82. The fourth-order valence-corrected chi connectivity index (χ4v) is 6.26. The van der Waals surface area contributed by atoms with Crippen molar-refractivity contribution in [1.29, 1.82) is 0 Å². The molecule has 3 aromatic rings. The van der Waals surface area contributed by atoms with Crippen molar-refractivity contribution in [3.05, 3.63) is 35.1 Å². The van der Waals surface area contributed by atoms with Crippen LogP contribution in [0.4, 0.5) is 0 Å². The van der Waals surface area contributed by atoms with Gasteiger partial charge < -0.3 is 9.15 Å². The Morgan fingerprint density at radius 1 is 1.17 bits per heavy atom. The van der Waals surface area contributed by atoms with Crippen LogP contribution in [0.15, 0.2) is 23.2 Å². The molecule has 2 aliphatic carbocycles. The van der Waals surface area contributed by atoms with Gasteiger partial charge in [0, 0.05) is 17.2 Å². The van der Waals surface area contributed by atoms with Crippen LogP contribution in [0.3, 0.4) is 0 Å². The third-order valence-electron chi connectivity index (χ3n) is 6.39. The van der Waals surface area contributed by atoms with Crippen molar-refractivity contribution >= 4 is 27.8 Å². The Kier molecular flexibility index (Phi) is 5.54. The summed E-state index contributed by atoms with van der Waals surface area (Å²) in [7, 11) is 4.21. The number of nitrogens with zero attached hydrogens (tertiary/aromatic N) is 4. The number of aryl methyl sites for hydroxylation is 2. The average Bonchev–Trinajstić information content (AvgIpc) is 3.44. The highest BCUT2D eigenvalue weighted by Crippen LogP contribution is 2.47. The predicted octanol–water partition coefficient (Wildman–Crippen LogP) is 4.62. The SMILES string of the molecule is C[N+](C)=CC1CCC(Oc2ncnc3sc4c(c23)[C@@H](CCc2ncco2)CC4)CC1. The topological polar surface area (TPSA) is 64.1 Å². The summed E-state index contributed by atoms with van der Waals surface area (Å²) in [6, 6.07) is 0. The molecule has 0 aromatic carbocycles. The van der Waals surface area contributed by atoms with Gasteiger partial charge in [-0.15, -0.1) is 11.3 Å². The maximum atomic E-state index is 6.50. The third-order valence-corrected chi connectivity index (χ3v) is 7.57. The maximum Gasteiger partial charge on any atom is 0.225 e. The van der Waals surface area contributed by atoms with E-state index in [1.165, 1.54) is 29.7 Å². The maximum absolute atomic E-state index is 6.50. The number of hydrogen-bond acceptors (Lipinski definition) is 6. The molecule has 0 N–H and O–H groups in total. The van der Waals surface area contributed by atoms with Gasteiger partial charge >= 0.3 is 0 Å². The number of fused-ring (bicyclic) bond motifs is 3. The molecular weight excluding hydrogens is 396 g/mol. The van der Waals surface area contributed by atoms with Crippen LogP contribution in [0.5, 0.6) is 5.88 Å². The molecule has 0 unspecified atom stereocenters. The molecule has 3 heterocycles. The molecule has 1 atom stereocenters. The second-order valence-electron chi connectivity index (χ2n) is 8.77. The van der Waals surface area contributed by atoms with Crippen LogP contribution in [-0.4, -0.2) is 45.9 Å². The van der Waals surface area contributed by atoms with E-state index in [1.807, 2.05) is 11.3 Å². The summed E-state index contributed by atoms with van der Waals surface area (Å²) in [5, 5.41) is 1.16. The summed E-state index contributed by atoms with van der Waals surface area (Å²) in [4.78, 5) is 16.0. The van der Waals surface area contributed by atoms with Gasteiger partial charge in [-0.1, -0.05) is 0 Å². The molecule has 0 saturated heterocycles. The largest absolute Gasteiger partial charge is 0.474 e. The summed E-state index contributed by atoms with van der Waals surface area (Å²) in [6.45, 7) is 0. The molecule has 0 bridgehead atoms. The number of rotatable bonds is 6. The number of hydrogen-bond donors (Lipinski definition) is 0. The lowest BCUT2D eigenvalue weighted by Crippen LogP contribution is -2.26. The van der Waals surface area contributed by atoms with E-state index in [0.717, 1.165) is 54.1 Å². The zero-order valence-electron chi connectivity index (χ0n) is 17.7. The van der Waals surface area contributed by atoms with Gasteiger partial charge in [0.1, 0.15) is 43.8 Å². The lowest BCUT2D eigenvalue weighted by molar-refractivity contribution is -0.462. The van der Waals surface area contributed by atoms with Crippen molar-refractivity contribution in [3.8, 4) is 5.88 Å². The summed E-state index contributed by atoms with van der Waals surface area (Å²) in [6.07, 6.45) is 16.4. The van der Waals surface area contributed by atoms with Crippen LogP contribution in [-0.2, 0) is 12.8 Å². The smallest absolute Gasteiger partial charge is 0.225 e. The Hall–Kier alpha value is -2.28. The number of aromatic nitrogens is 3. The minimum absolute atomic E-state index is 0.248. The van der Waals surface area contributed by atoms with E-state index in [1.54, 1.807) is 18.8 Å². The van der Waals surface area contributed by atoms with Gasteiger partial charge in [0.15, 0.2) is 5.89 Å². The molecular formula is C23H29N4O2S+. The Morgan fingerprint density at radius 3 is 2.80 bits per heavy atom. The van der Waals surface area contributed by atoms with Gasteiger partial charge in [-0.05, 0) is 56.4 Å². The minimum atomic E-state index is 0.248. The molecule has 0 radical (unpaired) electrons. The first-order valence-corrected chi connectivity index (χ1v) is 11.8. The average molecular weight is 426 g/mol. The number of thiophene rings is 1. The molecule has 30 heavy (non-hydrogen) atoms. The van der Waals surface area contributed by atoms with Crippen LogP contribution in [0.2, 0.25) is 0 Å². The van der Waals surface area contributed by atoms with Crippen molar-refractivity contribution in [1.82, 2.24) is 15.0 Å². The standard InChI is InChI=1S/C23H29N4O2S/c1-27(2)13-15-3-7-17(8-4-15)29-22-21-20-16(6-10-19-24-11-12-28-19)5-9-18(20)30-23(21)26-14-25-22/h11-17H,3-10H2,1-2H3/q+1/t15?,16-,17?/m1/s1. The molecule has 1 fully saturated rings. The lowest BCUT2D eigenvalue weighted by atomic mass is 9.88. The van der Waals surface area contributed by atoms with E-state index < -0.39 is 0 Å². The Bertz CT molecular complexity index is 1030. The molecule has 0 spiro atoms. The molecule has 3 aromatic heterocycles. The molecule has 0 amide bonds. The first-order chi connectivity index (χ1) is 14.7. The fraction of sp³-hybridized carbons (Fsp3) is 0.565. The van der Waals surface area contributed by atoms with Crippen LogP contribution < -0.4 is 4.74 Å². The molecule has 2 aliphatic rings. The zero-order chi connectivity index (χ0) is 20.5. The lowest BCUT2D eigenvalue weighted by Gasteiger charge is -2.26. The monoisotopic (exact) mass is 425 g/mol. The number of oxazole rings is 1. The first-order valence-electron chi connectivity index (χ1n) is 11.0. The molecule has 6 nitrogen and oxygen atoms in total. The highest BCUT2D eigenvalue weighted by molar-refractivity contribution is 7.19. The molecule has 1 saturated carbocycles. The highest BCUT2D eigenvalue weighted by atomic mass is 32.1. The van der Waals surface area contributed by atoms with Crippen LogP contribution in [0.25, 0.3) is 10.2 Å². The molecule has 5 rings (SSSR count). The predicted molar refractivity (Wildman–Crippen MR) is 118 cm³/mol. The quantitative estimate of drug-likeness (QED) is 0.426. The third kappa shape index (κ3) is 4.00. The summed E-state index contributed by atoms with van der Waals surface area (Å²) < 4.78 is 14.1. The van der Waals surface area contributed by atoms with E-state index in [0.29, 0.717) is 11.8 Å². The Morgan fingerprint density at radius 2 is 2.03 bits per heavy atom. The van der Waals surface area contributed by atoms with E-state index >= 15 is 0 Å². The summed E-state index contributed by atoms with van der Waals surface area (Å²) in [5.41, 5.74) is 1.42. The van der Waals surface area contributed by atoms with Gasteiger partial charge in [0.25, 0.3) is 0 Å². The van der Waals surface area contributed by atoms with E-state index in [-0.39, 0.29) is 6.10 Å². The van der Waals surface area contributed by atoms with E-state index in [4.69, 9.17) is 9.15 Å². The number of ether oxygens (including phenoxy) is 1. The van der Waals surface area contributed by atoms with Gasteiger partial charge in [-0.3, -0.25) is 0 Å². The second kappa shape index (κ2) is 8.46. The van der Waals surface area contributed by atoms with Crippen molar-refractivity contribution in [2.45, 2.75) is 63.4 Å². The Labute approximate surface area is 181 Å². The van der Waals surface area contributed by atoms with E-state index in [2.05, 4.69) is 39.8 Å².